The Kier molecular flexibility index (Phi) is 6.82. The Morgan fingerprint density at radius 3 is 1.92 bits per heavy atom. The van der Waals surface area contributed by atoms with E-state index in [0.717, 1.165) is 25.0 Å². The van der Waals surface area contributed by atoms with Crippen molar-refractivity contribution >= 4 is 5.71 Å². The smallest absolute Gasteiger partial charge is 0.0598 e. The quantitative estimate of drug-likeness (QED) is 0.370. The molecular formula is C10H21NO. The Morgan fingerprint density at radius 2 is 1.67 bits per heavy atom. The lowest BCUT2D eigenvalue weighted by Gasteiger charge is -2.14. The fourth-order valence-corrected chi connectivity index (χ4v) is 1.62. The Bertz CT molecular complexity index is 126. The molecule has 0 radical (unpaired) electrons. The second-order valence-electron chi connectivity index (χ2n) is 3.22. The highest BCUT2D eigenvalue weighted by Crippen LogP contribution is 2.17. The van der Waals surface area contributed by atoms with Crippen molar-refractivity contribution in [2.24, 2.45) is 11.1 Å². The zero-order chi connectivity index (χ0) is 9.40. The van der Waals surface area contributed by atoms with Gasteiger partial charge in [-0.2, -0.15) is 0 Å². The van der Waals surface area contributed by atoms with E-state index in [2.05, 4.69) is 19.0 Å². The Hall–Kier alpha value is -0.530. The van der Waals surface area contributed by atoms with Gasteiger partial charge in [-0.25, -0.2) is 0 Å². The van der Waals surface area contributed by atoms with E-state index < -0.39 is 0 Å². The van der Waals surface area contributed by atoms with Crippen LogP contribution < -0.4 is 0 Å². The fourth-order valence-electron chi connectivity index (χ4n) is 1.62. The van der Waals surface area contributed by atoms with Gasteiger partial charge in [0.15, 0.2) is 0 Å². The molecule has 72 valence electrons. The van der Waals surface area contributed by atoms with Gasteiger partial charge in [-0.1, -0.05) is 38.8 Å². The molecule has 12 heavy (non-hydrogen) atoms. The highest BCUT2D eigenvalue weighted by molar-refractivity contribution is 5.85. The minimum absolute atomic E-state index is 0.509. The van der Waals surface area contributed by atoms with Gasteiger partial charge in [0.05, 0.1) is 5.71 Å². The van der Waals surface area contributed by atoms with Gasteiger partial charge in [0, 0.05) is 5.92 Å². The third-order valence-electron chi connectivity index (χ3n) is 2.24. The molecule has 0 aliphatic rings. The molecule has 0 aromatic heterocycles. The molecule has 0 bridgehead atoms. The van der Waals surface area contributed by atoms with E-state index in [1.807, 2.05) is 6.92 Å². The van der Waals surface area contributed by atoms with Gasteiger partial charge >= 0.3 is 0 Å². The molecule has 0 unspecified atom stereocenters. The molecule has 0 amide bonds. The summed E-state index contributed by atoms with van der Waals surface area (Å²) >= 11 is 0. The normalized spacial score (nSPS) is 12.5. The number of rotatable bonds is 6. The molecule has 0 aliphatic carbocycles. The first kappa shape index (κ1) is 11.5. The van der Waals surface area contributed by atoms with Crippen LogP contribution in [0.1, 0.15) is 52.9 Å². The van der Waals surface area contributed by atoms with E-state index in [0.29, 0.717) is 5.92 Å². The van der Waals surface area contributed by atoms with Gasteiger partial charge in [-0.05, 0) is 19.3 Å². The zero-order valence-electron chi connectivity index (χ0n) is 8.51. The van der Waals surface area contributed by atoms with Gasteiger partial charge < -0.3 is 5.21 Å². The van der Waals surface area contributed by atoms with Gasteiger partial charge in [0.25, 0.3) is 0 Å². The average Bonchev–Trinajstić information content (AvgIpc) is 2.07. The summed E-state index contributed by atoms with van der Waals surface area (Å²) in [6.07, 6.45) is 5.52. The standard InChI is InChI=1S/C10H21NO/c1-4-7-9(8-5-2)10(6-3)11-12/h9,12H,4-8H2,1-3H3/b11-10-. The molecular weight excluding hydrogens is 150 g/mol. The minimum Gasteiger partial charge on any atom is -0.411 e. The lowest BCUT2D eigenvalue weighted by atomic mass is 9.92. The van der Waals surface area contributed by atoms with Crippen LogP contribution in [-0.4, -0.2) is 10.9 Å². The molecule has 2 heteroatoms. The Labute approximate surface area is 75.7 Å². The average molecular weight is 171 g/mol. The SMILES string of the molecule is CCCC(CCC)/C(CC)=N\O. The molecule has 0 atom stereocenters. The monoisotopic (exact) mass is 171 g/mol. The van der Waals surface area contributed by atoms with Crippen LogP contribution in [0.15, 0.2) is 5.16 Å². The molecule has 0 aliphatic heterocycles. The molecule has 0 spiro atoms. The van der Waals surface area contributed by atoms with Crippen LogP contribution in [0.5, 0.6) is 0 Å². The minimum atomic E-state index is 0.509. The van der Waals surface area contributed by atoms with Crippen LogP contribution in [-0.2, 0) is 0 Å². The molecule has 0 fully saturated rings. The molecule has 2 nitrogen and oxygen atoms in total. The summed E-state index contributed by atoms with van der Waals surface area (Å²) in [4.78, 5) is 0. The van der Waals surface area contributed by atoms with E-state index in [-0.39, 0.29) is 0 Å². The third kappa shape index (κ3) is 3.74. The van der Waals surface area contributed by atoms with Crippen molar-refractivity contribution in [3.63, 3.8) is 0 Å². The molecule has 0 heterocycles. The van der Waals surface area contributed by atoms with E-state index in [9.17, 15) is 0 Å². The van der Waals surface area contributed by atoms with Crippen molar-refractivity contribution in [3.8, 4) is 0 Å². The van der Waals surface area contributed by atoms with Gasteiger partial charge in [0.1, 0.15) is 0 Å². The van der Waals surface area contributed by atoms with Crippen molar-refractivity contribution in [3.05, 3.63) is 0 Å². The van der Waals surface area contributed by atoms with Gasteiger partial charge in [0.2, 0.25) is 0 Å². The van der Waals surface area contributed by atoms with Crippen molar-refractivity contribution < 1.29 is 5.21 Å². The molecule has 0 saturated heterocycles. The van der Waals surface area contributed by atoms with Crippen molar-refractivity contribution in [2.75, 3.05) is 0 Å². The Morgan fingerprint density at radius 1 is 1.17 bits per heavy atom. The number of hydrogen-bond acceptors (Lipinski definition) is 2. The second kappa shape index (κ2) is 7.14. The maximum Gasteiger partial charge on any atom is 0.0598 e. The topological polar surface area (TPSA) is 32.6 Å². The van der Waals surface area contributed by atoms with E-state index in [1.165, 1.54) is 12.8 Å². The summed E-state index contributed by atoms with van der Waals surface area (Å²) in [5.41, 5.74) is 0.971. The summed E-state index contributed by atoms with van der Waals surface area (Å²) in [5.74, 6) is 0.509. The summed E-state index contributed by atoms with van der Waals surface area (Å²) in [6.45, 7) is 6.40. The van der Waals surface area contributed by atoms with Crippen molar-refractivity contribution in [2.45, 2.75) is 52.9 Å². The van der Waals surface area contributed by atoms with Crippen LogP contribution in [0, 0.1) is 5.92 Å². The predicted molar refractivity (Wildman–Crippen MR) is 52.8 cm³/mol. The van der Waals surface area contributed by atoms with Gasteiger partial charge in [-0.3, -0.25) is 0 Å². The van der Waals surface area contributed by atoms with Crippen LogP contribution in [0.2, 0.25) is 0 Å². The molecule has 0 rings (SSSR count). The summed E-state index contributed by atoms with van der Waals surface area (Å²) < 4.78 is 0. The first-order valence-electron chi connectivity index (χ1n) is 5.00. The van der Waals surface area contributed by atoms with Crippen molar-refractivity contribution in [1.29, 1.82) is 0 Å². The number of hydrogen-bond donors (Lipinski definition) is 1. The fraction of sp³-hybridized carbons (Fsp3) is 0.900. The Balaban J connectivity index is 4.06. The lowest BCUT2D eigenvalue weighted by molar-refractivity contribution is 0.311. The summed E-state index contributed by atoms with van der Waals surface area (Å²) in [5, 5.41) is 12.1. The first-order chi connectivity index (χ1) is 5.79. The van der Waals surface area contributed by atoms with Crippen molar-refractivity contribution in [1.82, 2.24) is 0 Å². The third-order valence-corrected chi connectivity index (χ3v) is 2.24. The molecule has 1 N–H and O–H groups in total. The van der Waals surface area contributed by atoms with E-state index in [1.54, 1.807) is 0 Å². The molecule has 0 aromatic carbocycles. The van der Waals surface area contributed by atoms with Crippen LogP contribution in [0.4, 0.5) is 0 Å². The zero-order valence-corrected chi connectivity index (χ0v) is 8.51. The molecule has 0 saturated carbocycles. The largest absolute Gasteiger partial charge is 0.411 e. The second-order valence-corrected chi connectivity index (χ2v) is 3.22. The maximum atomic E-state index is 8.74. The summed E-state index contributed by atoms with van der Waals surface area (Å²) in [7, 11) is 0. The number of oxime groups is 1. The highest BCUT2D eigenvalue weighted by Gasteiger charge is 2.12. The summed E-state index contributed by atoms with van der Waals surface area (Å²) in [6, 6.07) is 0. The van der Waals surface area contributed by atoms with E-state index in [4.69, 9.17) is 5.21 Å². The van der Waals surface area contributed by atoms with Crippen LogP contribution >= 0.6 is 0 Å². The van der Waals surface area contributed by atoms with Crippen LogP contribution in [0.25, 0.3) is 0 Å². The predicted octanol–water partition coefficient (Wildman–Crippen LogP) is 3.44. The molecule has 0 aromatic rings. The van der Waals surface area contributed by atoms with E-state index >= 15 is 0 Å². The first-order valence-corrected chi connectivity index (χ1v) is 5.00. The number of nitrogens with zero attached hydrogens (tertiary/aromatic N) is 1. The lowest BCUT2D eigenvalue weighted by Crippen LogP contribution is -2.13. The van der Waals surface area contributed by atoms with Gasteiger partial charge in [-0.15, -0.1) is 0 Å². The maximum absolute atomic E-state index is 8.74. The highest BCUT2D eigenvalue weighted by atomic mass is 16.4. The van der Waals surface area contributed by atoms with Crippen LogP contribution in [0.3, 0.4) is 0 Å².